The fourth-order valence-corrected chi connectivity index (χ4v) is 3.00. The van der Waals surface area contributed by atoms with E-state index in [4.69, 9.17) is 16.0 Å². The molecule has 0 aliphatic rings. The zero-order valence-corrected chi connectivity index (χ0v) is 16.2. The minimum Gasteiger partial charge on any atom is -0.451 e. The molecule has 0 fully saturated rings. The quantitative estimate of drug-likeness (QED) is 0.244. The number of nitrogens with one attached hydrogen (secondary N) is 1. The predicted molar refractivity (Wildman–Crippen MR) is 116 cm³/mol. The molecule has 0 atom stereocenters. The number of para-hydroxylation sites is 1. The van der Waals surface area contributed by atoms with E-state index < -0.39 is 4.92 Å². The molecular weight excluding hydrogens is 406 g/mol. The fraction of sp³-hybridized carbons (Fsp3) is 0. The average Bonchev–Trinajstić information content (AvgIpc) is 3.18. The van der Waals surface area contributed by atoms with Crippen molar-refractivity contribution < 1.29 is 14.1 Å². The van der Waals surface area contributed by atoms with E-state index >= 15 is 0 Å². The molecule has 30 heavy (non-hydrogen) atoms. The van der Waals surface area contributed by atoms with Gasteiger partial charge >= 0.3 is 0 Å². The zero-order valence-electron chi connectivity index (χ0n) is 15.4. The van der Waals surface area contributed by atoms with Gasteiger partial charge in [0.1, 0.15) is 10.6 Å². The second-order valence-electron chi connectivity index (χ2n) is 6.38. The number of furan rings is 1. The third-order valence-corrected chi connectivity index (χ3v) is 4.62. The van der Waals surface area contributed by atoms with Gasteiger partial charge in [0.25, 0.3) is 11.6 Å². The number of anilines is 1. The number of aliphatic imine (C=N–C) groups is 1. The maximum Gasteiger partial charge on any atom is 0.291 e. The number of carbonyl (C=O) groups excluding carboxylic acids is 1. The van der Waals surface area contributed by atoms with Crippen molar-refractivity contribution in [3.63, 3.8) is 0 Å². The van der Waals surface area contributed by atoms with E-state index in [1.54, 1.807) is 42.5 Å². The lowest BCUT2D eigenvalue weighted by atomic mass is 10.2. The molecule has 0 saturated carbocycles. The summed E-state index contributed by atoms with van der Waals surface area (Å²) in [4.78, 5) is 27.1. The zero-order chi connectivity index (χ0) is 21.1. The van der Waals surface area contributed by atoms with Crippen molar-refractivity contribution in [2.24, 2.45) is 4.99 Å². The van der Waals surface area contributed by atoms with Gasteiger partial charge in [-0.1, -0.05) is 35.9 Å². The van der Waals surface area contributed by atoms with Crippen LogP contribution >= 0.6 is 11.6 Å². The highest BCUT2D eigenvalue weighted by atomic mass is 35.5. The first-order valence-corrected chi connectivity index (χ1v) is 9.25. The second kappa shape index (κ2) is 8.18. The first-order chi connectivity index (χ1) is 14.5. The number of hydrogen-bond donors (Lipinski definition) is 1. The Balaban J connectivity index is 1.45. The van der Waals surface area contributed by atoms with Crippen LogP contribution in [0.3, 0.4) is 0 Å². The van der Waals surface area contributed by atoms with Gasteiger partial charge in [-0.05, 0) is 48.0 Å². The molecular formula is C22H14ClN3O4. The number of nitro benzene ring substituents is 1. The van der Waals surface area contributed by atoms with E-state index in [0.717, 1.165) is 5.39 Å². The smallest absolute Gasteiger partial charge is 0.291 e. The van der Waals surface area contributed by atoms with E-state index in [9.17, 15) is 14.9 Å². The minimum atomic E-state index is -0.543. The summed E-state index contributed by atoms with van der Waals surface area (Å²) in [6.45, 7) is 0. The number of carbonyl (C=O) groups is 1. The average molecular weight is 420 g/mol. The molecule has 1 amide bonds. The first kappa shape index (κ1) is 19.4. The molecule has 0 spiro atoms. The number of benzene rings is 3. The van der Waals surface area contributed by atoms with Gasteiger partial charge in [-0.15, -0.1) is 0 Å². The normalized spacial score (nSPS) is 11.1. The van der Waals surface area contributed by atoms with E-state index in [1.165, 1.54) is 18.3 Å². The lowest BCUT2D eigenvalue weighted by Crippen LogP contribution is -2.10. The standard InChI is InChI=1S/C22H14ClN3O4/c23-18-10-5-14(11-19(18)26(28)29)13-24-16-6-8-17(9-7-16)25-22(27)21-12-15-3-1-2-4-20(15)30-21/h1-13H,(H,25,27). The van der Waals surface area contributed by atoms with Crippen molar-refractivity contribution in [3.05, 3.63) is 99.3 Å². The molecule has 4 aromatic rings. The largest absolute Gasteiger partial charge is 0.451 e. The molecule has 1 heterocycles. The second-order valence-corrected chi connectivity index (χ2v) is 6.78. The molecule has 0 radical (unpaired) electrons. The Morgan fingerprint density at radius 3 is 2.57 bits per heavy atom. The van der Waals surface area contributed by atoms with Crippen LogP contribution in [0, 0.1) is 10.1 Å². The van der Waals surface area contributed by atoms with Gasteiger partial charge in [-0.3, -0.25) is 19.9 Å². The van der Waals surface area contributed by atoms with Gasteiger partial charge in [0.15, 0.2) is 5.76 Å². The summed E-state index contributed by atoms with van der Waals surface area (Å²) >= 11 is 5.81. The number of hydrogen-bond acceptors (Lipinski definition) is 5. The third-order valence-electron chi connectivity index (χ3n) is 4.30. The maximum atomic E-state index is 12.4. The molecule has 8 heteroatoms. The summed E-state index contributed by atoms with van der Waals surface area (Å²) in [6.07, 6.45) is 1.51. The Labute approximate surface area is 175 Å². The highest BCUT2D eigenvalue weighted by Gasteiger charge is 2.13. The van der Waals surface area contributed by atoms with Crippen LogP contribution in [0.15, 0.2) is 82.2 Å². The van der Waals surface area contributed by atoms with E-state index in [2.05, 4.69) is 10.3 Å². The van der Waals surface area contributed by atoms with Gasteiger partial charge in [-0.2, -0.15) is 0 Å². The molecule has 0 aliphatic heterocycles. The topological polar surface area (TPSA) is 97.7 Å². The van der Waals surface area contributed by atoms with Gasteiger partial charge < -0.3 is 9.73 Å². The Kier molecular flexibility index (Phi) is 5.28. The fourth-order valence-electron chi connectivity index (χ4n) is 2.82. The monoisotopic (exact) mass is 419 g/mol. The number of halogens is 1. The Morgan fingerprint density at radius 2 is 1.83 bits per heavy atom. The highest BCUT2D eigenvalue weighted by molar-refractivity contribution is 6.32. The lowest BCUT2D eigenvalue weighted by molar-refractivity contribution is -0.384. The Bertz CT molecular complexity index is 1250. The molecule has 7 nitrogen and oxygen atoms in total. The molecule has 0 bridgehead atoms. The molecule has 0 aliphatic carbocycles. The van der Waals surface area contributed by atoms with Crippen molar-refractivity contribution in [1.29, 1.82) is 0 Å². The third kappa shape index (κ3) is 4.21. The Hall–Kier alpha value is -3.97. The summed E-state index contributed by atoms with van der Waals surface area (Å²) in [5.74, 6) is -0.126. The van der Waals surface area contributed by atoms with E-state index in [1.807, 2.05) is 18.2 Å². The van der Waals surface area contributed by atoms with Crippen LogP contribution in [0.1, 0.15) is 16.1 Å². The Morgan fingerprint density at radius 1 is 1.07 bits per heavy atom. The minimum absolute atomic E-state index is 0.0710. The SMILES string of the molecule is O=C(Nc1ccc(N=Cc2ccc(Cl)c([N+](=O)[O-])c2)cc1)c1cc2ccccc2o1. The molecule has 0 unspecified atom stereocenters. The molecule has 3 aromatic carbocycles. The van der Waals surface area contributed by atoms with Gasteiger partial charge in [0.05, 0.1) is 10.6 Å². The molecule has 4 rings (SSSR count). The molecule has 148 valence electrons. The van der Waals surface area contributed by atoms with Crippen LogP contribution in [0.2, 0.25) is 5.02 Å². The van der Waals surface area contributed by atoms with Gasteiger partial charge in [-0.25, -0.2) is 0 Å². The van der Waals surface area contributed by atoms with Crippen molar-refractivity contribution in [3.8, 4) is 0 Å². The van der Waals surface area contributed by atoms with Crippen molar-refractivity contribution in [2.45, 2.75) is 0 Å². The van der Waals surface area contributed by atoms with Crippen LogP contribution in [-0.4, -0.2) is 17.0 Å². The maximum absolute atomic E-state index is 12.4. The van der Waals surface area contributed by atoms with Crippen LogP contribution in [0.4, 0.5) is 17.1 Å². The summed E-state index contributed by atoms with van der Waals surface area (Å²) in [5.41, 5.74) is 2.23. The van der Waals surface area contributed by atoms with E-state index in [0.29, 0.717) is 22.5 Å². The van der Waals surface area contributed by atoms with Crippen LogP contribution < -0.4 is 5.32 Å². The van der Waals surface area contributed by atoms with Gasteiger partial charge in [0.2, 0.25) is 0 Å². The number of rotatable bonds is 5. The van der Waals surface area contributed by atoms with Crippen LogP contribution in [-0.2, 0) is 0 Å². The predicted octanol–water partition coefficient (Wildman–Crippen LogP) is 6.00. The summed E-state index contributed by atoms with van der Waals surface area (Å²) in [7, 11) is 0. The number of nitro groups is 1. The number of amides is 1. The van der Waals surface area contributed by atoms with Crippen LogP contribution in [0.25, 0.3) is 11.0 Å². The highest BCUT2D eigenvalue weighted by Crippen LogP contribution is 2.25. The van der Waals surface area contributed by atoms with Crippen molar-refractivity contribution in [2.75, 3.05) is 5.32 Å². The first-order valence-electron chi connectivity index (χ1n) is 8.87. The van der Waals surface area contributed by atoms with E-state index in [-0.39, 0.29) is 22.4 Å². The number of fused-ring (bicyclic) bond motifs is 1. The van der Waals surface area contributed by atoms with Crippen LogP contribution in [0.5, 0.6) is 0 Å². The molecule has 1 aromatic heterocycles. The number of nitrogens with zero attached hydrogens (tertiary/aromatic N) is 2. The van der Waals surface area contributed by atoms with Crippen molar-refractivity contribution >= 4 is 51.8 Å². The molecule has 0 saturated heterocycles. The van der Waals surface area contributed by atoms with Gasteiger partial charge in [0, 0.05) is 23.4 Å². The lowest BCUT2D eigenvalue weighted by Gasteiger charge is -2.03. The summed E-state index contributed by atoms with van der Waals surface area (Å²) in [5, 5.41) is 14.7. The van der Waals surface area contributed by atoms with Crippen molar-refractivity contribution in [1.82, 2.24) is 0 Å². The summed E-state index contributed by atoms with van der Waals surface area (Å²) < 4.78 is 5.56. The molecule has 1 N–H and O–H groups in total. The summed E-state index contributed by atoms with van der Waals surface area (Å²) in [6, 6.07) is 20.4.